The topological polar surface area (TPSA) is 92.8 Å². The maximum Gasteiger partial charge on any atom is 0.337 e. The normalized spacial score (nSPS) is 12.5. The second-order valence-electron chi connectivity index (χ2n) is 7.06. The first-order valence-electron chi connectivity index (χ1n) is 9.48. The average molecular weight is 414 g/mol. The summed E-state index contributed by atoms with van der Waals surface area (Å²) in [5, 5.41) is 2.78. The molecular weight excluding hydrogens is 396 g/mol. The van der Waals surface area contributed by atoms with Crippen LogP contribution in [0.4, 0.5) is 11.4 Å². The first-order valence-corrected chi connectivity index (χ1v) is 9.48. The minimum Gasteiger partial charge on any atom is -0.465 e. The lowest BCUT2D eigenvalue weighted by Gasteiger charge is -2.14. The van der Waals surface area contributed by atoms with Gasteiger partial charge in [-0.2, -0.15) is 0 Å². The standard InChI is InChI=1S/C24H18N2O5/c1-14-3-8-17(9-4-14)25-21(27)16-7-12-19-20(13-16)23(29)26(22(19)28)18-10-5-15(6-11-18)24(30)31-2/h3-13H,1-2H3,(H,25,27). The average Bonchev–Trinajstić information content (AvgIpc) is 3.04. The molecule has 0 aromatic heterocycles. The lowest BCUT2D eigenvalue weighted by atomic mass is 10.1. The van der Waals surface area contributed by atoms with Crippen molar-refractivity contribution in [3.8, 4) is 0 Å². The van der Waals surface area contributed by atoms with E-state index < -0.39 is 17.8 Å². The summed E-state index contributed by atoms with van der Waals surface area (Å²) in [5.41, 5.74) is 2.96. The van der Waals surface area contributed by atoms with Crippen molar-refractivity contribution in [1.82, 2.24) is 0 Å². The van der Waals surface area contributed by atoms with E-state index in [0.29, 0.717) is 16.9 Å². The van der Waals surface area contributed by atoms with Gasteiger partial charge in [-0.1, -0.05) is 17.7 Å². The number of hydrogen-bond donors (Lipinski definition) is 1. The van der Waals surface area contributed by atoms with Crippen molar-refractivity contribution in [2.45, 2.75) is 6.92 Å². The van der Waals surface area contributed by atoms with Gasteiger partial charge in [-0.15, -0.1) is 0 Å². The number of amides is 3. The van der Waals surface area contributed by atoms with Crippen LogP contribution < -0.4 is 10.2 Å². The van der Waals surface area contributed by atoms with Crippen LogP contribution in [-0.2, 0) is 4.74 Å². The number of aryl methyl sites for hydroxylation is 1. The summed E-state index contributed by atoms with van der Waals surface area (Å²) >= 11 is 0. The van der Waals surface area contributed by atoms with Crippen molar-refractivity contribution in [3.63, 3.8) is 0 Å². The van der Waals surface area contributed by atoms with Crippen molar-refractivity contribution in [2.75, 3.05) is 17.3 Å². The van der Waals surface area contributed by atoms with Crippen LogP contribution in [0.2, 0.25) is 0 Å². The number of methoxy groups -OCH3 is 1. The molecule has 0 saturated heterocycles. The highest BCUT2D eigenvalue weighted by atomic mass is 16.5. The number of nitrogens with zero attached hydrogens (tertiary/aromatic N) is 1. The Bertz CT molecular complexity index is 1210. The van der Waals surface area contributed by atoms with Gasteiger partial charge in [-0.05, 0) is 61.5 Å². The van der Waals surface area contributed by atoms with Crippen molar-refractivity contribution >= 4 is 35.1 Å². The Labute approximate surface area is 178 Å². The van der Waals surface area contributed by atoms with Gasteiger partial charge in [0, 0.05) is 11.3 Å². The molecule has 0 unspecified atom stereocenters. The Balaban J connectivity index is 1.59. The molecule has 1 aliphatic rings. The van der Waals surface area contributed by atoms with E-state index in [1.807, 2.05) is 19.1 Å². The number of esters is 1. The van der Waals surface area contributed by atoms with Gasteiger partial charge in [0.05, 0.1) is 29.5 Å². The van der Waals surface area contributed by atoms with E-state index in [9.17, 15) is 19.2 Å². The van der Waals surface area contributed by atoms with Gasteiger partial charge in [-0.3, -0.25) is 14.4 Å². The van der Waals surface area contributed by atoms with Crippen molar-refractivity contribution in [1.29, 1.82) is 0 Å². The third kappa shape index (κ3) is 3.69. The van der Waals surface area contributed by atoms with Crippen LogP contribution in [0.1, 0.15) is 47.0 Å². The summed E-state index contributed by atoms with van der Waals surface area (Å²) < 4.78 is 4.65. The quantitative estimate of drug-likeness (QED) is 0.517. The molecular formula is C24H18N2O5. The maximum absolute atomic E-state index is 12.9. The lowest BCUT2D eigenvalue weighted by molar-refractivity contribution is 0.0600. The Morgan fingerprint density at radius 2 is 1.42 bits per heavy atom. The van der Waals surface area contributed by atoms with Gasteiger partial charge in [-0.25, -0.2) is 9.69 Å². The number of hydrogen-bond acceptors (Lipinski definition) is 5. The number of carbonyl (C=O) groups is 4. The predicted molar refractivity (Wildman–Crippen MR) is 114 cm³/mol. The molecule has 3 aromatic rings. The van der Waals surface area contributed by atoms with E-state index in [2.05, 4.69) is 10.1 Å². The zero-order valence-corrected chi connectivity index (χ0v) is 16.8. The molecule has 4 rings (SSSR count). The molecule has 0 aliphatic carbocycles. The molecule has 0 saturated carbocycles. The van der Waals surface area contributed by atoms with Crippen LogP contribution in [-0.4, -0.2) is 30.8 Å². The van der Waals surface area contributed by atoms with Crippen molar-refractivity contribution < 1.29 is 23.9 Å². The lowest BCUT2D eigenvalue weighted by Crippen LogP contribution is -2.29. The van der Waals surface area contributed by atoms with Crippen molar-refractivity contribution in [3.05, 3.63) is 94.5 Å². The third-order valence-corrected chi connectivity index (χ3v) is 5.00. The van der Waals surface area contributed by atoms with Crippen LogP contribution in [0.25, 0.3) is 0 Å². The zero-order chi connectivity index (χ0) is 22.1. The van der Waals surface area contributed by atoms with Crippen molar-refractivity contribution in [2.24, 2.45) is 0 Å². The Morgan fingerprint density at radius 1 is 0.806 bits per heavy atom. The Hall–Kier alpha value is -4.26. The van der Waals surface area contributed by atoms with Gasteiger partial charge in [0.1, 0.15) is 0 Å². The molecule has 0 fully saturated rings. The SMILES string of the molecule is COC(=O)c1ccc(N2C(=O)c3ccc(C(=O)Nc4ccc(C)cc4)cc3C2=O)cc1. The molecule has 0 radical (unpaired) electrons. The molecule has 7 nitrogen and oxygen atoms in total. The Kier molecular flexibility index (Phi) is 5.09. The molecule has 1 heterocycles. The summed E-state index contributed by atoms with van der Waals surface area (Å²) in [6, 6.07) is 17.7. The van der Waals surface area contributed by atoms with Gasteiger partial charge in [0.15, 0.2) is 0 Å². The van der Waals surface area contributed by atoms with E-state index in [4.69, 9.17) is 0 Å². The summed E-state index contributed by atoms with van der Waals surface area (Å²) in [6.45, 7) is 1.95. The molecule has 3 amide bonds. The summed E-state index contributed by atoms with van der Waals surface area (Å²) in [5.74, 6) is -1.92. The number of anilines is 2. The minimum absolute atomic E-state index is 0.151. The minimum atomic E-state index is -0.532. The van der Waals surface area contributed by atoms with Crippen LogP contribution in [0.3, 0.4) is 0 Å². The number of benzene rings is 3. The second kappa shape index (κ2) is 7.87. The number of rotatable bonds is 4. The number of fused-ring (bicyclic) bond motifs is 1. The molecule has 3 aromatic carbocycles. The van der Waals surface area contributed by atoms with E-state index in [1.165, 1.54) is 49.6 Å². The molecule has 0 spiro atoms. The first kappa shape index (κ1) is 20.0. The predicted octanol–water partition coefficient (Wildman–Crippen LogP) is 3.83. The molecule has 7 heteroatoms. The first-order chi connectivity index (χ1) is 14.9. The van der Waals surface area contributed by atoms with E-state index in [1.54, 1.807) is 12.1 Å². The third-order valence-electron chi connectivity index (χ3n) is 5.00. The number of nitrogens with one attached hydrogen (secondary N) is 1. The fraction of sp³-hybridized carbons (Fsp3) is 0.0833. The van der Waals surface area contributed by atoms with Crippen LogP contribution in [0.5, 0.6) is 0 Å². The van der Waals surface area contributed by atoms with Crippen LogP contribution >= 0.6 is 0 Å². The highest BCUT2D eigenvalue weighted by molar-refractivity contribution is 6.34. The number of carbonyl (C=O) groups excluding carboxylic acids is 4. The maximum atomic E-state index is 12.9. The molecule has 1 aliphatic heterocycles. The van der Waals surface area contributed by atoms with Crippen LogP contribution in [0, 0.1) is 6.92 Å². The zero-order valence-electron chi connectivity index (χ0n) is 16.8. The van der Waals surface area contributed by atoms with E-state index >= 15 is 0 Å². The second-order valence-corrected chi connectivity index (χ2v) is 7.06. The summed E-state index contributed by atoms with van der Waals surface area (Å²) in [4.78, 5) is 51.0. The fourth-order valence-electron chi connectivity index (χ4n) is 3.32. The van der Waals surface area contributed by atoms with Crippen LogP contribution in [0.15, 0.2) is 66.7 Å². The fourth-order valence-corrected chi connectivity index (χ4v) is 3.32. The highest BCUT2D eigenvalue weighted by Gasteiger charge is 2.37. The molecule has 154 valence electrons. The molecule has 0 atom stereocenters. The summed E-state index contributed by atoms with van der Waals surface area (Å²) in [6.07, 6.45) is 0. The number of ether oxygens (including phenoxy) is 1. The molecule has 1 N–H and O–H groups in total. The van der Waals surface area contributed by atoms with Gasteiger partial charge in [0.25, 0.3) is 17.7 Å². The highest BCUT2D eigenvalue weighted by Crippen LogP contribution is 2.29. The Morgan fingerprint density at radius 3 is 2.06 bits per heavy atom. The molecule has 0 bridgehead atoms. The van der Waals surface area contributed by atoms with Gasteiger partial charge >= 0.3 is 5.97 Å². The monoisotopic (exact) mass is 414 g/mol. The van der Waals surface area contributed by atoms with E-state index in [-0.39, 0.29) is 22.6 Å². The van der Waals surface area contributed by atoms with E-state index in [0.717, 1.165) is 10.5 Å². The number of imide groups is 1. The largest absolute Gasteiger partial charge is 0.465 e. The van der Waals surface area contributed by atoms with Gasteiger partial charge in [0.2, 0.25) is 0 Å². The smallest absolute Gasteiger partial charge is 0.337 e. The summed E-state index contributed by atoms with van der Waals surface area (Å²) in [7, 11) is 1.27. The molecule has 31 heavy (non-hydrogen) atoms. The van der Waals surface area contributed by atoms with Gasteiger partial charge < -0.3 is 10.1 Å².